The van der Waals surface area contributed by atoms with Crippen LogP contribution >= 0.6 is 0 Å². The molecule has 0 saturated heterocycles. The van der Waals surface area contributed by atoms with Crippen LogP contribution in [0.4, 0.5) is 0 Å². The second-order valence-electron chi connectivity index (χ2n) is 9.17. The van der Waals surface area contributed by atoms with E-state index in [2.05, 4.69) is 21.1 Å². The van der Waals surface area contributed by atoms with Gasteiger partial charge in [0.15, 0.2) is 5.03 Å². The molecule has 2 amide bonds. The summed E-state index contributed by atoms with van der Waals surface area (Å²) in [6, 6.07) is 15.3. The Morgan fingerprint density at radius 1 is 1.05 bits per heavy atom. The number of phenolic OH excluding ortho intramolecular Hbond substituents is 1. The largest absolute Gasteiger partial charge is 0.508 e. The van der Waals surface area contributed by atoms with Crippen molar-refractivity contribution in [1.82, 2.24) is 16.0 Å². The molecule has 2 aromatic rings. The molecule has 0 bridgehead atoms. The molecule has 2 aromatic carbocycles. The first-order valence-corrected chi connectivity index (χ1v) is 12.5. The Morgan fingerprint density at radius 2 is 1.73 bits per heavy atom. The second kappa shape index (κ2) is 13.8. The van der Waals surface area contributed by atoms with Crippen LogP contribution in [0.3, 0.4) is 0 Å². The number of phenols is 1. The molecular weight excluding hydrogens is 476 g/mol. The van der Waals surface area contributed by atoms with Gasteiger partial charge in [0, 0.05) is 13.1 Å². The molecule has 3 rings (SSSR count). The van der Waals surface area contributed by atoms with E-state index in [9.17, 15) is 24.8 Å². The summed E-state index contributed by atoms with van der Waals surface area (Å²) in [5, 5.41) is 30.5. The van der Waals surface area contributed by atoms with Crippen molar-refractivity contribution in [3.05, 3.63) is 75.8 Å². The number of benzene rings is 2. The summed E-state index contributed by atoms with van der Waals surface area (Å²) in [5.74, 6) is -0.865. The monoisotopic (exact) mass is 510 g/mol. The minimum atomic E-state index is -0.894. The van der Waals surface area contributed by atoms with Crippen molar-refractivity contribution < 1.29 is 19.7 Å². The third-order valence-corrected chi connectivity index (χ3v) is 6.51. The van der Waals surface area contributed by atoms with E-state index in [1.165, 1.54) is 12.1 Å². The second-order valence-corrected chi connectivity index (χ2v) is 9.17. The van der Waals surface area contributed by atoms with Gasteiger partial charge < -0.3 is 26.8 Å². The maximum Gasteiger partial charge on any atom is 0.266 e. The number of carbonyl (C=O) groups is 2. The Labute approximate surface area is 215 Å². The lowest BCUT2D eigenvalue weighted by atomic mass is 9.84. The van der Waals surface area contributed by atoms with Crippen molar-refractivity contribution in [2.45, 2.75) is 57.0 Å². The predicted octanol–water partition coefficient (Wildman–Crippen LogP) is 2.34. The first-order chi connectivity index (χ1) is 17.8. The van der Waals surface area contributed by atoms with Crippen LogP contribution in [0.2, 0.25) is 0 Å². The van der Waals surface area contributed by atoms with Crippen molar-refractivity contribution in [1.29, 1.82) is 0 Å². The summed E-state index contributed by atoms with van der Waals surface area (Å²) in [6.45, 7) is 0.475. The molecule has 1 aliphatic rings. The summed E-state index contributed by atoms with van der Waals surface area (Å²) in [6.07, 6.45) is 4.78. The smallest absolute Gasteiger partial charge is 0.266 e. The van der Waals surface area contributed by atoms with Crippen LogP contribution in [0, 0.1) is 16.0 Å². The molecule has 1 saturated carbocycles. The number of hydrogen-bond donors (Lipinski definition) is 5. The lowest BCUT2D eigenvalue weighted by molar-refractivity contribution is -0.485. The number of hydrogen-bond acceptors (Lipinski definition) is 5. The Bertz CT molecular complexity index is 1070. The topological polar surface area (TPSA) is 172 Å². The predicted molar refractivity (Wildman–Crippen MR) is 139 cm³/mol. The zero-order valence-electron chi connectivity index (χ0n) is 20.6. The standard InChI is InChI=1S/C26H34N6O5/c27-26(31-32(36)37)28-16-6-11-22(24(34)29-17-18-12-14-21(33)15-13-18)30-25(35)23(20-9-4-5-10-20)19-7-2-1-3-8-19/h1-3,7-8,12-15,20,22-23,33H,4-6,9-11,16-17H2,(H,29,34)(H,30,35)(H3,27,28,31)/t22-,23?/m1/s1. The third kappa shape index (κ3) is 8.78. The number of nitrogens with two attached hydrogens (primary N) is 1. The molecule has 11 heteroatoms. The first kappa shape index (κ1) is 27.4. The average Bonchev–Trinajstić information content (AvgIpc) is 3.40. The molecule has 1 unspecified atom stereocenters. The summed E-state index contributed by atoms with van der Waals surface area (Å²) in [5.41, 5.74) is 7.19. The molecule has 6 N–H and O–H groups in total. The average molecular weight is 511 g/mol. The molecule has 2 atom stereocenters. The molecule has 11 nitrogen and oxygen atoms in total. The lowest BCUT2D eigenvalue weighted by Gasteiger charge is -2.26. The molecule has 1 fully saturated rings. The summed E-state index contributed by atoms with van der Waals surface area (Å²) >= 11 is 0. The molecule has 37 heavy (non-hydrogen) atoms. The van der Waals surface area contributed by atoms with E-state index < -0.39 is 11.1 Å². The van der Waals surface area contributed by atoms with E-state index in [1.807, 2.05) is 30.3 Å². The Hall–Kier alpha value is -4.15. The van der Waals surface area contributed by atoms with Gasteiger partial charge in [-0.25, -0.2) is 10.1 Å². The molecule has 0 aliphatic heterocycles. The van der Waals surface area contributed by atoms with E-state index in [1.54, 1.807) is 12.1 Å². The highest BCUT2D eigenvalue weighted by molar-refractivity contribution is 5.90. The van der Waals surface area contributed by atoms with Crippen LogP contribution in [0.1, 0.15) is 55.6 Å². The van der Waals surface area contributed by atoms with Gasteiger partial charge >= 0.3 is 0 Å². The maximum absolute atomic E-state index is 13.6. The first-order valence-electron chi connectivity index (χ1n) is 12.5. The summed E-state index contributed by atoms with van der Waals surface area (Å²) < 4.78 is 0. The fraction of sp³-hybridized carbons (Fsp3) is 0.423. The van der Waals surface area contributed by atoms with Crippen molar-refractivity contribution in [3.63, 3.8) is 0 Å². The quantitative estimate of drug-likeness (QED) is 0.0958. The van der Waals surface area contributed by atoms with Gasteiger partial charge in [0.2, 0.25) is 11.8 Å². The van der Waals surface area contributed by atoms with Gasteiger partial charge in [0.05, 0.1) is 5.92 Å². The molecule has 0 aromatic heterocycles. The zero-order valence-corrected chi connectivity index (χ0v) is 20.6. The van der Waals surface area contributed by atoms with Crippen molar-refractivity contribution in [2.24, 2.45) is 16.8 Å². The number of nitrogens with zero attached hydrogens (tertiary/aromatic N) is 2. The SMILES string of the molecule is NC(=N[N+](=O)[O-])NCCC[C@@H](NC(=O)C(c1ccccc1)C1CCCC1)C(=O)NCc1ccc(O)cc1. The van der Waals surface area contributed by atoms with Crippen molar-refractivity contribution in [3.8, 4) is 5.75 Å². The van der Waals surface area contributed by atoms with Crippen LogP contribution in [-0.2, 0) is 16.1 Å². The van der Waals surface area contributed by atoms with E-state index in [0.29, 0.717) is 6.42 Å². The molecule has 0 heterocycles. The highest BCUT2D eigenvalue weighted by Crippen LogP contribution is 2.37. The van der Waals surface area contributed by atoms with Crippen LogP contribution in [0.15, 0.2) is 59.7 Å². The molecule has 1 aliphatic carbocycles. The maximum atomic E-state index is 13.6. The summed E-state index contributed by atoms with van der Waals surface area (Å²) in [7, 11) is 0. The number of amides is 2. The van der Waals surface area contributed by atoms with Gasteiger partial charge in [-0.1, -0.05) is 55.3 Å². The zero-order chi connectivity index (χ0) is 26.6. The van der Waals surface area contributed by atoms with Crippen LogP contribution < -0.4 is 21.7 Å². The number of rotatable bonds is 12. The number of hydrazone groups is 1. The Morgan fingerprint density at radius 3 is 2.38 bits per heavy atom. The van der Waals surface area contributed by atoms with Crippen LogP contribution in [0.5, 0.6) is 5.75 Å². The van der Waals surface area contributed by atoms with E-state index in [0.717, 1.165) is 36.8 Å². The number of carbonyl (C=O) groups excluding carboxylic acids is 2. The van der Waals surface area contributed by atoms with E-state index >= 15 is 0 Å². The number of aromatic hydroxyl groups is 1. The number of guanidine groups is 1. The number of nitrogens with one attached hydrogen (secondary N) is 3. The highest BCUT2D eigenvalue weighted by atomic mass is 16.7. The Balaban J connectivity index is 1.69. The third-order valence-electron chi connectivity index (χ3n) is 6.51. The highest BCUT2D eigenvalue weighted by Gasteiger charge is 2.34. The van der Waals surface area contributed by atoms with Gasteiger partial charge in [0.1, 0.15) is 16.9 Å². The Kier molecular flexibility index (Phi) is 10.2. The molecule has 198 valence electrons. The van der Waals surface area contributed by atoms with Gasteiger partial charge in [-0.3, -0.25) is 9.59 Å². The normalized spacial score (nSPS) is 15.5. The van der Waals surface area contributed by atoms with E-state index in [4.69, 9.17) is 5.73 Å². The van der Waals surface area contributed by atoms with Gasteiger partial charge in [-0.05, 0) is 54.9 Å². The molecule has 0 spiro atoms. The molecular formula is C26H34N6O5. The minimum Gasteiger partial charge on any atom is -0.508 e. The summed E-state index contributed by atoms with van der Waals surface area (Å²) in [4.78, 5) is 37.2. The van der Waals surface area contributed by atoms with Gasteiger partial charge in [0.25, 0.3) is 5.96 Å². The van der Waals surface area contributed by atoms with E-state index in [-0.39, 0.29) is 54.9 Å². The number of nitro groups is 1. The van der Waals surface area contributed by atoms with Crippen LogP contribution in [0.25, 0.3) is 0 Å². The van der Waals surface area contributed by atoms with Crippen LogP contribution in [-0.4, -0.2) is 40.5 Å². The molecule has 0 radical (unpaired) electrons. The lowest BCUT2D eigenvalue weighted by Crippen LogP contribution is -2.49. The van der Waals surface area contributed by atoms with Gasteiger partial charge in [-0.2, -0.15) is 0 Å². The van der Waals surface area contributed by atoms with Gasteiger partial charge in [-0.15, -0.1) is 0 Å². The minimum absolute atomic E-state index is 0.131. The van der Waals surface area contributed by atoms with Crippen molar-refractivity contribution in [2.75, 3.05) is 6.54 Å². The fourth-order valence-electron chi connectivity index (χ4n) is 4.69. The van der Waals surface area contributed by atoms with Crippen molar-refractivity contribution >= 4 is 17.8 Å². The fourth-order valence-corrected chi connectivity index (χ4v) is 4.69.